The number of aromatic carboxylic acids is 2. The van der Waals surface area contributed by atoms with Crippen LogP contribution in [0.25, 0.3) is 11.4 Å². The molecule has 0 aliphatic rings. The first kappa shape index (κ1) is 35.4. The molecule has 0 spiro atoms. The van der Waals surface area contributed by atoms with Gasteiger partial charge in [0.05, 0.1) is 40.0 Å². The van der Waals surface area contributed by atoms with E-state index in [1.165, 1.54) is 33.6 Å². The molecular formula is C34H26CrN8O6. The molecule has 2 heterocycles. The summed E-state index contributed by atoms with van der Waals surface area (Å²) < 4.78 is 2.60. The number of aryl methyl sites for hydroxylation is 2. The number of aromatic nitrogens is 4. The molecule has 0 unspecified atom stereocenters. The molecule has 6 rings (SSSR count). The summed E-state index contributed by atoms with van der Waals surface area (Å²) in [6.07, 6.45) is 0. The van der Waals surface area contributed by atoms with Gasteiger partial charge in [0.25, 0.3) is 5.56 Å². The SMILES string of the molecule is Cc1[nH]n(-c2ccccc2)c(=O)c1N=Nc1ccccc1C(=O)O.Cc1nn(-c2ccccc2)c([O-])c1N=Nc1ccccc1C(=O)[O-].[Cr+2]. The fourth-order valence-electron chi connectivity index (χ4n) is 4.45. The minimum atomic E-state index is -1.36. The van der Waals surface area contributed by atoms with Crippen LogP contribution in [0, 0.1) is 13.8 Å². The topological polar surface area (TPSA) is 206 Å². The number of carbonyl (C=O) groups is 2. The van der Waals surface area contributed by atoms with Crippen molar-refractivity contribution in [1.82, 2.24) is 19.6 Å². The number of rotatable bonds is 8. The summed E-state index contributed by atoms with van der Waals surface area (Å²) in [4.78, 5) is 34.7. The zero-order valence-corrected chi connectivity index (χ0v) is 27.2. The van der Waals surface area contributed by atoms with Crippen LogP contribution in [0.15, 0.2) is 134 Å². The minimum Gasteiger partial charge on any atom is -0.857 e. The van der Waals surface area contributed by atoms with Gasteiger partial charge in [-0.25, -0.2) is 14.2 Å². The van der Waals surface area contributed by atoms with Crippen LogP contribution in [-0.4, -0.2) is 36.6 Å². The van der Waals surface area contributed by atoms with Gasteiger partial charge in [0.2, 0.25) is 0 Å². The zero-order valence-electron chi connectivity index (χ0n) is 25.9. The van der Waals surface area contributed by atoms with E-state index in [2.05, 4.69) is 30.7 Å². The number of nitrogens with one attached hydrogen (secondary N) is 1. The summed E-state index contributed by atoms with van der Waals surface area (Å²) in [5.41, 5.74) is 2.32. The van der Waals surface area contributed by atoms with E-state index in [4.69, 9.17) is 5.11 Å². The van der Waals surface area contributed by atoms with Crippen LogP contribution in [0.1, 0.15) is 32.1 Å². The van der Waals surface area contributed by atoms with E-state index in [1.807, 2.05) is 24.3 Å². The van der Waals surface area contributed by atoms with Gasteiger partial charge in [-0.2, -0.15) is 5.10 Å². The van der Waals surface area contributed by atoms with Crippen LogP contribution in [0.3, 0.4) is 0 Å². The molecule has 4 aromatic carbocycles. The second-order valence-corrected chi connectivity index (χ2v) is 10.1. The number of benzene rings is 4. The van der Waals surface area contributed by atoms with Crippen molar-refractivity contribution in [2.75, 3.05) is 0 Å². The van der Waals surface area contributed by atoms with Gasteiger partial charge in [-0.3, -0.25) is 9.89 Å². The number of carboxylic acid groups (broad SMARTS) is 2. The molecule has 49 heavy (non-hydrogen) atoms. The third kappa shape index (κ3) is 8.11. The van der Waals surface area contributed by atoms with E-state index in [0.717, 1.165) is 0 Å². The maximum atomic E-state index is 12.5. The maximum absolute atomic E-state index is 12.5. The van der Waals surface area contributed by atoms with Gasteiger partial charge >= 0.3 is 23.3 Å². The molecule has 2 aromatic heterocycles. The molecule has 0 saturated heterocycles. The molecule has 244 valence electrons. The molecule has 14 nitrogen and oxygen atoms in total. The van der Waals surface area contributed by atoms with E-state index < -0.39 is 17.8 Å². The molecular weight excluding hydrogens is 668 g/mol. The van der Waals surface area contributed by atoms with Crippen molar-refractivity contribution in [2.24, 2.45) is 20.5 Å². The molecule has 0 aliphatic heterocycles. The van der Waals surface area contributed by atoms with Crippen molar-refractivity contribution in [3.63, 3.8) is 0 Å². The van der Waals surface area contributed by atoms with E-state index in [1.54, 1.807) is 74.5 Å². The van der Waals surface area contributed by atoms with Gasteiger partial charge in [0, 0.05) is 11.4 Å². The number of carbonyl (C=O) groups excluding carboxylic acids is 1. The Hall–Kier alpha value is -6.43. The van der Waals surface area contributed by atoms with Gasteiger partial charge < -0.3 is 20.1 Å². The molecule has 15 heteroatoms. The van der Waals surface area contributed by atoms with Crippen molar-refractivity contribution < 1.29 is 42.3 Å². The smallest absolute Gasteiger partial charge is 0.857 e. The van der Waals surface area contributed by atoms with Crippen molar-refractivity contribution in [2.45, 2.75) is 13.8 Å². The molecule has 0 saturated carbocycles. The zero-order chi connectivity index (χ0) is 34.2. The van der Waals surface area contributed by atoms with Gasteiger partial charge in [-0.05, 0) is 56.3 Å². The van der Waals surface area contributed by atoms with Crippen LogP contribution < -0.4 is 15.8 Å². The average Bonchev–Trinajstić information content (AvgIpc) is 3.55. The summed E-state index contributed by atoms with van der Waals surface area (Å²) in [7, 11) is 0. The molecule has 0 aliphatic carbocycles. The van der Waals surface area contributed by atoms with Crippen molar-refractivity contribution in [1.29, 1.82) is 0 Å². The average molecular weight is 695 g/mol. The van der Waals surface area contributed by atoms with E-state index in [0.29, 0.717) is 22.8 Å². The summed E-state index contributed by atoms with van der Waals surface area (Å²) in [6.45, 7) is 3.35. The first-order chi connectivity index (χ1) is 23.2. The normalized spacial score (nSPS) is 10.8. The fourth-order valence-corrected chi connectivity index (χ4v) is 4.45. The molecule has 0 radical (unpaired) electrons. The fraction of sp³-hybridized carbons (Fsp3) is 0.0588. The van der Waals surface area contributed by atoms with Gasteiger partial charge in [0.15, 0.2) is 5.69 Å². The molecule has 2 N–H and O–H groups in total. The predicted molar refractivity (Wildman–Crippen MR) is 171 cm³/mol. The Morgan fingerprint density at radius 1 is 0.714 bits per heavy atom. The predicted octanol–water partition coefficient (Wildman–Crippen LogP) is 5.62. The van der Waals surface area contributed by atoms with Crippen LogP contribution in [0.4, 0.5) is 22.7 Å². The maximum Gasteiger partial charge on any atom is 2.00 e. The van der Waals surface area contributed by atoms with Crippen molar-refractivity contribution in [3.05, 3.63) is 142 Å². The van der Waals surface area contributed by atoms with Gasteiger partial charge in [-0.1, -0.05) is 66.7 Å². The summed E-state index contributed by atoms with van der Waals surface area (Å²) >= 11 is 0. The Balaban J connectivity index is 0.000000216. The summed E-state index contributed by atoms with van der Waals surface area (Å²) in [6, 6.07) is 30.3. The molecule has 0 fully saturated rings. The number of H-pyrrole nitrogens is 1. The van der Waals surface area contributed by atoms with Crippen LogP contribution in [-0.2, 0) is 17.4 Å². The number of para-hydroxylation sites is 2. The summed E-state index contributed by atoms with van der Waals surface area (Å²) in [5, 5.41) is 55.5. The second kappa shape index (κ2) is 15.9. The Labute approximate surface area is 289 Å². The number of nitrogens with zero attached hydrogens (tertiary/aromatic N) is 7. The van der Waals surface area contributed by atoms with E-state index in [9.17, 15) is 24.6 Å². The van der Waals surface area contributed by atoms with E-state index in [-0.39, 0.29) is 56.8 Å². The number of hydrogen-bond acceptors (Lipinski definition) is 10. The Kier molecular flexibility index (Phi) is 11.5. The van der Waals surface area contributed by atoms with E-state index >= 15 is 0 Å². The minimum absolute atomic E-state index is 0. The Morgan fingerprint density at radius 2 is 1.20 bits per heavy atom. The third-order valence-corrected chi connectivity index (χ3v) is 6.82. The Morgan fingerprint density at radius 3 is 1.78 bits per heavy atom. The standard InChI is InChI=1S/2C17H14N4O3.Cr/c2*1-11-15(16(22)21(20-11)12-7-3-2-4-8-12)19-18-14-10-6-5-9-13(14)17(23)24;/h2-10,22H,1H3,(H,23,24);2-10,20H,1H3,(H,23,24);/q;;+2/p-2. The van der Waals surface area contributed by atoms with Gasteiger partial charge in [0.1, 0.15) is 11.4 Å². The largest absolute Gasteiger partial charge is 2.00 e. The molecule has 0 amide bonds. The number of aromatic amines is 1. The van der Waals surface area contributed by atoms with Gasteiger partial charge in [-0.15, -0.1) is 20.5 Å². The van der Waals surface area contributed by atoms with Crippen LogP contribution >= 0.6 is 0 Å². The number of hydrogen-bond donors (Lipinski definition) is 2. The Bertz CT molecular complexity index is 2210. The first-order valence-corrected chi connectivity index (χ1v) is 14.3. The second-order valence-electron chi connectivity index (χ2n) is 10.1. The molecule has 6 aromatic rings. The van der Waals surface area contributed by atoms with Crippen molar-refractivity contribution in [3.8, 4) is 17.3 Å². The quantitative estimate of drug-likeness (QED) is 0.192. The molecule has 0 atom stereocenters. The number of azo groups is 2. The number of carboxylic acids is 2. The molecule has 0 bridgehead atoms. The first-order valence-electron chi connectivity index (χ1n) is 14.3. The third-order valence-electron chi connectivity index (χ3n) is 6.82. The monoisotopic (exact) mass is 694 g/mol. The summed E-state index contributed by atoms with van der Waals surface area (Å²) in [5.74, 6) is -2.88. The van der Waals surface area contributed by atoms with Crippen LogP contribution in [0.2, 0.25) is 0 Å². The van der Waals surface area contributed by atoms with Crippen LogP contribution in [0.5, 0.6) is 5.88 Å². The van der Waals surface area contributed by atoms with Crippen molar-refractivity contribution >= 4 is 34.7 Å².